The Bertz CT molecular complexity index is 768. The highest BCUT2D eigenvalue weighted by Crippen LogP contribution is 2.30. The minimum atomic E-state index is -3.32. The van der Waals surface area contributed by atoms with Gasteiger partial charge in [-0.3, -0.25) is 0 Å². The molecule has 0 spiro atoms. The molecule has 0 N–H and O–H groups in total. The molecule has 22 heavy (non-hydrogen) atoms. The van der Waals surface area contributed by atoms with Crippen molar-refractivity contribution in [2.45, 2.75) is 5.92 Å². The van der Waals surface area contributed by atoms with Crippen molar-refractivity contribution >= 4 is 6.08 Å². The van der Waals surface area contributed by atoms with Crippen molar-refractivity contribution in [1.82, 2.24) is 10.1 Å². The van der Waals surface area contributed by atoms with Gasteiger partial charge in [0, 0.05) is 5.56 Å². The van der Waals surface area contributed by atoms with Gasteiger partial charge in [-0.05, 0) is 11.6 Å². The first-order valence-corrected chi connectivity index (χ1v) is 6.67. The number of benzene rings is 2. The van der Waals surface area contributed by atoms with Crippen LogP contribution in [0, 0.1) is 0 Å². The first-order valence-electron chi connectivity index (χ1n) is 6.67. The summed E-state index contributed by atoms with van der Waals surface area (Å²) in [6.45, 7) is 0. The molecular weight excluding hydrogens is 286 g/mol. The lowest BCUT2D eigenvalue weighted by Crippen LogP contribution is -2.09. The third kappa shape index (κ3) is 3.09. The maximum Gasteiger partial charge on any atom is 0.343 e. The van der Waals surface area contributed by atoms with Gasteiger partial charge >= 0.3 is 11.8 Å². The van der Waals surface area contributed by atoms with E-state index in [-0.39, 0.29) is 5.82 Å². The molecule has 0 amide bonds. The number of allylic oxidation sites excluding steroid dienone is 1. The van der Waals surface area contributed by atoms with E-state index in [4.69, 9.17) is 4.52 Å². The number of rotatable bonds is 4. The van der Waals surface area contributed by atoms with Crippen LogP contribution in [0.5, 0.6) is 0 Å². The van der Waals surface area contributed by atoms with E-state index in [0.717, 1.165) is 6.08 Å². The van der Waals surface area contributed by atoms with Gasteiger partial charge in [-0.2, -0.15) is 13.8 Å². The summed E-state index contributed by atoms with van der Waals surface area (Å²) in [6.07, 6.45) is 2.08. The lowest BCUT2D eigenvalue weighted by Gasteiger charge is -2.05. The second-order valence-electron chi connectivity index (χ2n) is 4.66. The van der Waals surface area contributed by atoms with Gasteiger partial charge in [0.05, 0.1) is 0 Å². The maximum atomic E-state index is 14.1. The molecule has 0 bridgehead atoms. The molecule has 0 radical (unpaired) electrons. The summed E-state index contributed by atoms with van der Waals surface area (Å²) in [6, 6.07) is 17.7. The third-order valence-corrected chi connectivity index (χ3v) is 3.03. The number of nitrogens with zero attached hydrogens (tertiary/aromatic N) is 2. The molecule has 3 rings (SSSR count). The van der Waals surface area contributed by atoms with Gasteiger partial charge in [0.1, 0.15) is 0 Å². The van der Waals surface area contributed by atoms with Crippen molar-refractivity contribution in [3.8, 4) is 11.4 Å². The van der Waals surface area contributed by atoms with Crippen LogP contribution in [0.3, 0.4) is 0 Å². The zero-order valence-corrected chi connectivity index (χ0v) is 11.5. The molecule has 110 valence electrons. The average Bonchev–Trinajstić information content (AvgIpc) is 3.06. The Morgan fingerprint density at radius 2 is 1.55 bits per heavy atom. The Morgan fingerprint density at radius 3 is 2.23 bits per heavy atom. The predicted octanol–water partition coefficient (Wildman–Crippen LogP) is 4.54. The fourth-order valence-corrected chi connectivity index (χ4v) is 1.90. The number of alkyl halides is 2. The van der Waals surface area contributed by atoms with Crippen molar-refractivity contribution in [3.63, 3.8) is 0 Å². The summed E-state index contributed by atoms with van der Waals surface area (Å²) in [5, 5.41) is 3.61. The standard InChI is InChI=1S/C17H12F2N2O/c18-17(19,12-11-13-7-3-1-4-8-13)16-20-15(21-22-16)14-9-5-2-6-10-14/h1-12H/b12-11+. The topological polar surface area (TPSA) is 38.9 Å². The third-order valence-electron chi connectivity index (χ3n) is 3.03. The predicted molar refractivity (Wildman–Crippen MR) is 79.1 cm³/mol. The van der Waals surface area contributed by atoms with Gasteiger partial charge in [0.2, 0.25) is 5.82 Å². The minimum Gasteiger partial charge on any atom is -0.332 e. The SMILES string of the molecule is FC(F)(/C=C/c1ccccc1)c1nc(-c2ccccc2)no1. The average molecular weight is 298 g/mol. The van der Waals surface area contributed by atoms with Gasteiger partial charge in [-0.25, -0.2) is 0 Å². The number of aromatic nitrogens is 2. The van der Waals surface area contributed by atoms with Crippen molar-refractivity contribution in [3.05, 3.63) is 78.2 Å². The van der Waals surface area contributed by atoms with Crippen LogP contribution in [0.1, 0.15) is 11.5 Å². The summed E-state index contributed by atoms with van der Waals surface area (Å²) >= 11 is 0. The van der Waals surface area contributed by atoms with Crippen LogP contribution >= 0.6 is 0 Å². The summed E-state index contributed by atoms with van der Waals surface area (Å²) in [4.78, 5) is 3.79. The lowest BCUT2D eigenvalue weighted by molar-refractivity contribution is 0.0168. The van der Waals surface area contributed by atoms with Gasteiger partial charge < -0.3 is 4.52 Å². The van der Waals surface area contributed by atoms with E-state index in [0.29, 0.717) is 11.1 Å². The van der Waals surface area contributed by atoms with E-state index in [2.05, 4.69) is 10.1 Å². The Kier molecular flexibility index (Phi) is 3.78. The summed E-state index contributed by atoms with van der Waals surface area (Å²) in [5.74, 6) is -3.91. The van der Waals surface area contributed by atoms with Crippen molar-refractivity contribution < 1.29 is 13.3 Å². The molecule has 3 aromatic rings. The minimum absolute atomic E-state index is 0.142. The molecule has 1 aromatic heterocycles. The van der Waals surface area contributed by atoms with Crippen molar-refractivity contribution in [1.29, 1.82) is 0 Å². The fourth-order valence-electron chi connectivity index (χ4n) is 1.90. The number of hydrogen-bond donors (Lipinski definition) is 0. The summed E-state index contributed by atoms with van der Waals surface area (Å²) in [7, 11) is 0. The van der Waals surface area contributed by atoms with E-state index in [1.54, 1.807) is 48.5 Å². The van der Waals surface area contributed by atoms with Gasteiger partial charge in [-0.1, -0.05) is 71.9 Å². The van der Waals surface area contributed by atoms with E-state index in [1.807, 2.05) is 12.1 Å². The Labute approximate surface area is 125 Å². The molecular formula is C17H12F2N2O. The van der Waals surface area contributed by atoms with Crippen LogP contribution < -0.4 is 0 Å². The van der Waals surface area contributed by atoms with E-state index >= 15 is 0 Å². The Balaban J connectivity index is 1.84. The first kappa shape index (κ1) is 14.1. The molecule has 0 saturated carbocycles. The molecule has 0 aliphatic rings. The lowest BCUT2D eigenvalue weighted by atomic mass is 10.2. The van der Waals surface area contributed by atoms with E-state index in [9.17, 15) is 8.78 Å². The normalized spacial score (nSPS) is 11.9. The van der Waals surface area contributed by atoms with Crippen LogP contribution in [0.15, 0.2) is 71.3 Å². The smallest absolute Gasteiger partial charge is 0.332 e. The van der Waals surface area contributed by atoms with Gasteiger partial charge in [0.15, 0.2) is 0 Å². The molecule has 5 heteroatoms. The molecule has 0 fully saturated rings. The molecule has 1 heterocycles. The molecule has 0 aliphatic carbocycles. The monoisotopic (exact) mass is 298 g/mol. The maximum absolute atomic E-state index is 14.1. The van der Waals surface area contributed by atoms with E-state index < -0.39 is 11.8 Å². The zero-order valence-electron chi connectivity index (χ0n) is 11.5. The number of hydrogen-bond acceptors (Lipinski definition) is 3. The summed E-state index contributed by atoms with van der Waals surface area (Å²) < 4.78 is 32.9. The molecule has 0 atom stereocenters. The number of halogens is 2. The molecule has 0 unspecified atom stereocenters. The second kappa shape index (κ2) is 5.89. The first-order chi connectivity index (χ1) is 10.6. The van der Waals surface area contributed by atoms with Crippen LogP contribution in [0.4, 0.5) is 8.78 Å². The highest BCUT2D eigenvalue weighted by Gasteiger charge is 2.35. The summed E-state index contributed by atoms with van der Waals surface area (Å²) in [5.41, 5.74) is 1.30. The van der Waals surface area contributed by atoms with Gasteiger partial charge in [0.25, 0.3) is 0 Å². The zero-order chi connectivity index (χ0) is 15.4. The van der Waals surface area contributed by atoms with Crippen molar-refractivity contribution in [2.24, 2.45) is 0 Å². The highest BCUT2D eigenvalue weighted by atomic mass is 19.3. The molecule has 0 aliphatic heterocycles. The van der Waals surface area contributed by atoms with Gasteiger partial charge in [-0.15, -0.1) is 0 Å². The fraction of sp³-hybridized carbons (Fsp3) is 0.0588. The Morgan fingerprint density at radius 1 is 0.909 bits per heavy atom. The van der Waals surface area contributed by atoms with Crippen molar-refractivity contribution in [2.75, 3.05) is 0 Å². The highest BCUT2D eigenvalue weighted by molar-refractivity contribution is 5.54. The van der Waals surface area contributed by atoms with Crippen LogP contribution in [-0.2, 0) is 5.92 Å². The van der Waals surface area contributed by atoms with Crippen LogP contribution in [0.2, 0.25) is 0 Å². The van der Waals surface area contributed by atoms with E-state index in [1.165, 1.54) is 6.08 Å². The second-order valence-corrected chi connectivity index (χ2v) is 4.66. The van der Waals surface area contributed by atoms with Crippen LogP contribution in [0.25, 0.3) is 17.5 Å². The quantitative estimate of drug-likeness (QED) is 0.709. The largest absolute Gasteiger partial charge is 0.343 e. The Hall–Kier alpha value is -2.82. The van der Waals surface area contributed by atoms with Crippen LogP contribution in [-0.4, -0.2) is 10.1 Å². The molecule has 0 saturated heterocycles. The molecule has 2 aromatic carbocycles. The molecule has 3 nitrogen and oxygen atoms in total.